The molecule has 0 radical (unpaired) electrons. The molecule has 0 unspecified atom stereocenters. The lowest BCUT2D eigenvalue weighted by Gasteiger charge is -2.08. The van der Waals surface area contributed by atoms with E-state index in [1.165, 1.54) is 12.1 Å². The second-order valence-corrected chi connectivity index (χ2v) is 6.69. The molecule has 8 nitrogen and oxygen atoms in total. The maximum Gasteiger partial charge on any atom is 0.311 e. The number of benzene rings is 3. The number of Topliss-reactive ketones (excluding diaryl/α,β-unsaturated/α-hetero) is 1. The SMILES string of the molecule is O=C(/C(=C/c1ccc(O)c([N+](=O)[O-])c1)c1nc2ccccc2[nH]c1=O)c1ccccc1. The van der Waals surface area contributed by atoms with E-state index in [1.54, 1.807) is 54.6 Å². The van der Waals surface area contributed by atoms with E-state index < -0.39 is 27.7 Å². The van der Waals surface area contributed by atoms with Crippen LogP contribution < -0.4 is 5.56 Å². The monoisotopic (exact) mass is 413 g/mol. The second-order valence-electron chi connectivity index (χ2n) is 6.69. The number of carbonyl (C=O) groups excluding carboxylic acids is 1. The lowest BCUT2D eigenvalue weighted by molar-refractivity contribution is -0.385. The standard InChI is InChI=1S/C23H15N3O5/c27-20-11-10-14(13-19(20)26(30)31)12-16(22(28)15-6-2-1-3-7-15)21-23(29)25-18-9-5-4-8-17(18)24-21/h1-13,27H,(H,25,29)/b16-12+. The summed E-state index contributed by atoms with van der Waals surface area (Å²) in [7, 11) is 0. The molecule has 0 aliphatic heterocycles. The fourth-order valence-corrected chi connectivity index (χ4v) is 3.14. The average Bonchev–Trinajstić information content (AvgIpc) is 2.78. The Morgan fingerprint density at radius 3 is 2.48 bits per heavy atom. The van der Waals surface area contributed by atoms with Crippen molar-refractivity contribution in [1.29, 1.82) is 0 Å². The van der Waals surface area contributed by atoms with Gasteiger partial charge >= 0.3 is 5.69 Å². The van der Waals surface area contributed by atoms with Crippen LogP contribution in [-0.2, 0) is 0 Å². The Bertz CT molecular complexity index is 1410. The van der Waals surface area contributed by atoms with Gasteiger partial charge in [-0.2, -0.15) is 0 Å². The molecular formula is C23H15N3O5. The third kappa shape index (κ3) is 3.95. The Morgan fingerprint density at radius 1 is 1.03 bits per heavy atom. The number of hydrogen-bond donors (Lipinski definition) is 2. The van der Waals surface area contributed by atoms with E-state index in [0.717, 1.165) is 12.1 Å². The van der Waals surface area contributed by atoms with Gasteiger partial charge in [-0.15, -0.1) is 0 Å². The highest BCUT2D eigenvalue weighted by molar-refractivity contribution is 6.32. The second kappa shape index (κ2) is 8.03. The molecule has 0 fully saturated rings. The summed E-state index contributed by atoms with van der Waals surface area (Å²) in [5.74, 6) is -0.968. The van der Waals surface area contributed by atoms with Crippen LogP contribution in [0, 0.1) is 10.1 Å². The van der Waals surface area contributed by atoms with Gasteiger partial charge in [0.1, 0.15) is 5.69 Å². The van der Waals surface area contributed by atoms with Crippen LogP contribution >= 0.6 is 0 Å². The molecule has 0 saturated heterocycles. The Balaban J connectivity index is 1.95. The number of hydrogen-bond acceptors (Lipinski definition) is 6. The van der Waals surface area contributed by atoms with Crippen LogP contribution in [0.2, 0.25) is 0 Å². The van der Waals surface area contributed by atoms with Gasteiger partial charge in [0.25, 0.3) is 5.56 Å². The van der Waals surface area contributed by atoms with Crippen molar-refractivity contribution in [3.63, 3.8) is 0 Å². The lowest BCUT2D eigenvalue weighted by atomic mass is 9.98. The van der Waals surface area contributed by atoms with Gasteiger partial charge in [-0.05, 0) is 29.8 Å². The van der Waals surface area contributed by atoms with Crippen molar-refractivity contribution in [1.82, 2.24) is 9.97 Å². The number of para-hydroxylation sites is 2. The van der Waals surface area contributed by atoms with E-state index in [1.807, 2.05) is 0 Å². The topological polar surface area (TPSA) is 126 Å². The van der Waals surface area contributed by atoms with Crippen molar-refractivity contribution in [2.24, 2.45) is 0 Å². The number of nitrogens with one attached hydrogen (secondary N) is 1. The molecule has 0 bridgehead atoms. The number of H-pyrrole nitrogens is 1. The molecular weight excluding hydrogens is 398 g/mol. The van der Waals surface area contributed by atoms with Crippen molar-refractivity contribution in [3.05, 3.63) is 110 Å². The molecule has 31 heavy (non-hydrogen) atoms. The lowest BCUT2D eigenvalue weighted by Crippen LogP contribution is -2.18. The van der Waals surface area contributed by atoms with E-state index in [0.29, 0.717) is 16.6 Å². The van der Waals surface area contributed by atoms with E-state index in [4.69, 9.17) is 0 Å². The number of nitro benzene ring substituents is 1. The third-order valence-electron chi connectivity index (χ3n) is 4.64. The van der Waals surface area contributed by atoms with Crippen LogP contribution in [0.1, 0.15) is 21.6 Å². The minimum Gasteiger partial charge on any atom is -0.502 e. The van der Waals surface area contributed by atoms with Gasteiger partial charge in [0.15, 0.2) is 11.5 Å². The molecule has 0 amide bonds. The minimum atomic E-state index is -0.730. The first-order valence-electron chi connectivity index (χ1n) is 9.22. The molecule has 1 aromatic heterocycles. The van der Waals surface area contributed by atoms with Crippen molar-refractivity contribution >= 4 is 34.2 Å². The summed E-state index contributed by atoms with van der Waals surface area (Å²) in [6.07, 6.45) is 1.36. The Kier molecular flexibility index (Phi) is 5.11. The van der Waals surface area contributed by atoms with Crippen LogP contribution in [0.15, 0.2) is 77.6 Å². The highest BCUT2D eigenvalue weighted by Gasteiger charge is 2.21. The van der Waals surface area contributed by atoms with Crippen LogP contribution in [0.5, 0.6) is 5.75 Å². The Hall–Kier alpha value is -4.59. The molecule has 0 saturated carbocycles. The number of phenolic OH excluding ortho intramolecular Hbond substituents is 1. The summed E-state index contributed by atoms with van der Waals surface area (Å²) >= 11 is 0. The Labute approximate surface area is 175 Å². The summed E-state index contributed by atoms with van der Waals surface area (Å²) in [5.41, 5.74) is 0.378. The smallest absolute Gasteiger partial charge is 0.311 e. The van der Waals surface area contributed by atoms with E-state index in [2.05, 4.69) is 9.97 Å². The molecule has 8 heteroatoms. The molecule has 2 N–H and O–H groups in total. The number of aromatic hydroxyl groups is 1. The number of allylic oxidation sites excluding steroid dienone is 1. The van der Waals surface area contributed by atoms with E-state index in [9.17, 15) is 24.8 Å². The fraction of sp³-hybridized carbons (Fsp3) is 0. The van der Waals surface area contributed by atoms with Crippen LogP contribution in [-0.4, -0.2) is 25.8 Å². The third-order valence-corrected chi connectivity index (χ3v) is 4.64. The van der Waals surface area contributed by atoms with Crippen molar-refractivity contribution < 1.29 is 14.8 Å². The first kappa shape index (κ1) is 19.7. The van der Waals surface area contributed by atoms with E-state index in [-0.39, 0.29) is 16.8 Å². The zero-order valence-corrected chi connectivity index (χ0v) is 16.0. The number of ketones is 1. The van der Waals surface area contributed by atoms with Gasteiger partial charge in [0, 0.05) is 11.6 Å². The number of phenols is 1. The molecule has 4 aromatic rings. The zero-order chi connectivity index (χ0) is 22.0. The van der Waals surface area contributed by atoms with Crippen molar-refractivity contribution in [3.8, 4) is 5.75 Å². The summed E-state index contributed by atoms with van der Waals surface area (Å²) in [5, 5.41) is 20.9. The molecule has 4 rings (SSSR count). The molecule has 0 aliphatic rings. The summed E-state index contributed by atoms with van der Waals surface area (Å²) < 4.78 is 0. The first-order valence-corrected chi connectivity index (χ1v) is 9.22. The van der Waals surface area contributed by atoms with Gasteiger partial charge < -0.3 is 10.1 Å². The quantitative estimate of drug-likeness (QED) is 0.221. The van der Waals surface area contributed by atoms with Gasteiger partial charge in [-0.3, -0.25) is 19.7 Å². The number of aromatic nitrogens is 2. The van der Waals surface area contributed by atoms with Gasteiger partial charge in [-0.1, -0.05) is 48.5 Å². The van der Waals surface area contributed by atoms with Crippen LogP contribution in [0.4, 0.5) is 5.69 Å². The Morgan fingerprint density at radius 2 is 1.74 bits per heavy atom. The molecule has 0 atom stereocenters. The van der Waals surface area contributed by atoms with Crippen molar-refractivity contribution in [2.75, 3.05) is 0 Å². The molecule has 1 heterocycles. The summed E-state index contributed by atoms with van der Waals surface area (Å²) in [6, 6.07) is 18.9. The largest absolute Gasteiger partial charge is 0.502 e. The minimum absolute atomic E-state index is 0.0295. The number of nitro groups is 1. The molecule has 0 aliphatic carbocycles. The summed E-state index contributed by atoms with van der Waals surface area (Å²) in [6.45, 7) is 0. The molecule has 0 spiro atoms. The van der Waals surface area contributed by atoms with E-state index >= 15 is 0 Å². The number of aromatic amines is 1. The van der Waals surface area contributed by atoms with Gasteiger partial charge in [0.05, 0.1) is 21.5 Å². The fourth-order valence-electron chi connectivity index (χ4n) is 3.14. The highest BCUT2D eigenvalue weighted by atomic mass is 16.6. The number of fused-ring (bicyclic) bond motifs is 1. The molecule has 3 aromatic carbocycles. The molecule has 152 valence electrons. The number of nitrogens with zero attached hydrogens (tertiary/aromatic N) is 2. The van der Waals surface area contributed by atoms with Crippen molar-refractivity contribution in [2.45, 2.75) is 0 Å². The van der Waals surface area contributed by atoms with Crippen LogP contribution in [0.25, 0.3) is 22.7 Å². The van der Waals surface area contributed by atoms with Crippen LogP contribution in [0.3, 0.4) is 0 Å². The summed E-state index contributed by atoms with van der Waals surface area (Å²) in [4.78, 5) is 43.6. The van der Waals surface area contributed by atoms with Gasteiger partial charge in [0.2, 0.25) is 0 Å². The number of rotatable bonds is 5. The average molecular weight is 413 g/mol. The predicted molar refractivity (Wildman–Crippen MR) is 116 cm³/mol. The van der Waals surface area contributed by atoms with Gasteiger partial charge in [-0.25, -0.2) is 4.98 Å². The predicted octanol–water partition coefficient (Wildman–Crippen LogP) is 3.96. The normalized spacial score (nSPS) is 11.4. The number of carbonyl (C=O) groups is 1. The maximum absolute atomic E-state index is 13.3. The highest BCUT2D eigenvalue weighted by Crippen LogP contribution is 2.29. The maximum atomic E-state index is 13.3. The first-order chi connectivity index (χ1) is 14.9. The zero-order valence-electron chi connectivity index (χ0n) is 16.0.